The summed E-state index contributed by atoms with van der Waals surface area (Å²) in [4.78, 5) is 12.3. The Kier molecular flexibility index (Phi) is 6.21. The zero-order chi connectivity index (χ0) is 21.2. The monoisotopic (exact) mass is 404 g/mol. The number of rotatable bonds is 6. The van der Waals surface area contributed by atoms with Crippen molar-refractivity contribution in [3.63, 3.8) is 0 Å². The molecule has 28 heavy (non-hydrogen) atoms. The number of carbonyl (C=O) groups is 1. The molecule has 7 heteroatoms. The Hall–Kier alpha value is -2.38. The Morgan fingerprint density at radius 3 is 2.07 bits per heavy atom. The van der Waals surface area contributed by atoms with Crippen molar-refractivity contribution < 1.29 is 18.3 Å². The van der Waals surface area contributed by atoms with Crippen molar-refractivity contribution >= 4 is 27.3 Å². The second kappa shape index (κ2) is 7.93. The third-order valence-electron chi connectivity index (χ3n) is 4.41. The zero-order valence-corrected chi connectivity index (χ0v) is 17.7. The highest BCUT2D eigenvalue weighted by atomic mass is 32.2. The number of hydrogen-bond donors (Lipinski definition) is 3. The summed E-state index contributed by atoms with van der Waals surface area (Å²) in [5, 5.41) is 12.0. The third-order valence-corrected chi connectivity index (χ3v) is 5.81. The fraction of sp³-hybridized carbons (Fsp3) is 0.381. The predicted octanol–water partition coefficient (Wildman–Crippen LogP) is 3.74. The molecule has 152 valence electrons. The Bertz CT molecular complexity index is 943. The molecule has 0 fully saturated rings. The lowest BCUT2D eigenvalue weighted by molar-refractivity contribution is -0.125. The van der Waals surface area contributed by atoms with Gasteiger partial charge in [0.05, 0.1) is 22.6 Å². The van der Waals surface area contributed by atoms with Crippen LogP contribution in [-0.2, 0) is 20.2 Å². The summed E-state index contributed by atoms with van der Waals surface area (Å²) in [6.07, 6.45) is 0. The van der Waals surface area contributed by atoms with Gasteiger partial charge in [-0.2, -0.15) is 0 Å². The third kappa shape index (κ3) is 5.33. The van der Waals surface area contributed by atoms with Crippen molar-refractivity contribution in [2.75, 3.05) is 16.6 Å². The van der Waals surface area contributed by atoms with E-state index in [2.05, 4.69) is 30.8 Å². The lowest BCUT2D eigenvalue weighted by Crippen LogP contribution is -2.33. The average Bonchev–Trinajstić information content (AvgIpc) is 2.61. The van der Waals surface area contributed by atoms with E-state index < -0.39 is 15.4 Å². The molecule has 0 aliphatic rings. The topological polar surface area (TPSA) is 95.5 Å². The van der Waals surface area contributed by atoms with Crippen molar-refractivity contribution in [1.82, 2.24) is 0 Å². The van der Waals surface area contributed by atoms with Crippen LogP contribution in [0, 0.1) is 5.41 Å². The molecule has 0 spiro atoms. The van der Waals surface area contributed by atoms with Gasteiger partial charge in [-0.1, -0.05) is 39.0 Å². The maximum atomic E-state index is 12.7. The van der Waals surface area contributed by atoms with E-state index in [1.54, 1.807) is 44.2 Å². The summed E-state index contributed by atoms with van der Waals surface area (Å²) in [5.41, 5.74) is 0.812. The van der Waals surface area contributed by atoms with Gasteiger partial charge in [0, 0.05) is 5.69 Å². The van der Waals surface area contributed by atoms with Crippen LogP contribution >= 0.6 is 0 Å². The van der Waals surface area contributed by atoms with Gasteiger partial charge < -0.3 is 10.4 Å². The molecule has 0 aliphatic carbocycles. The zero-order valence-electron chi connectivity index (χ0n) is 16.9. The highest BCUT2D eigenvalue weighted by Gasteiger charge is 2.26. The first-order chi connectivity index (χ1) is 12.8. The van der Waals surface area contributed by atoms with Gasteiger partial charge in [-0.25, -0.2) is 8.42 Å². The summed E-state index contributed by atoms with van der Waals surface area (Å²) in [5.74, 6) is -0.354. The van der Waals surface area contributed by atoms with Gasteiger partial charge in [-0.15, -0.1) is 0 Å². The van der Waals surface area contributed by atoms with E-state index in [0.29, 0.717) is 11.4 Å². The minimum Gasteiger partial charge on any atom is -0.395 e. The lowest BCUT2D eigenvalue weighted by Gasteiger charge is -2.21. The van der Waals surface area contributed by atoms with Crippen LogP contribution in [0.15, 0.2) is 53.4 Å². The molecule has 2 aromatic rings. The van der Waals surface area contributed by atoms with Crippen molar-refractivity contribution in [2.24, 2.45) is 5.41 Å². The van der Waals surface area contributed by atoms with Crippen molar-refractivity contribution in [1.29, 1.82) is 0 Å². The number of aliphatic hydroxyl groups excluding tert-OH is 1. The number of aliphatic hydroxyl groups is 1. The number of amides is 1. The Morgan fingerprint density at radius 2 is 1.54 bits per heavy atom. The Labute approximate surface area is 167 Å². The molecular weight excluding hydrogens is 376 g/mol. The molecule has 1 amide bonds. The number of anilines is 2. The molecule has 0 heterocycles. The molecule has 0 saturated carbocycles. The molecule has 0 aliphatic heterocycles. The highest BCUT2D eigenvalue weighted by molar-refractivity contribution is 7.92. The van der Waals surface area contributed by atoms with E-state index in [1.165, 1.54) is 6.07 Å². The standard InChI is InChI=1S/C21H28N2O4S/c1-20(2,3)15-9-11-18(12-10-15)28(26,27)23-17-8-6-7-16(13-17)22-19(25)21(4,5)14-24/h6-13,23-24H,14H2,1-5H3,(H,22,25). The molecule has 0 saturated heterocycles. The second-order valence-corrected chi connectivity index (χ2v) is 10.1. The summed E-state index contributed by atoms with van der Waals surface area (Å²) in [7, 11) is -3.76. The molecule has 0 aromatic heterocycles. The quantitative estimate of drug-likeness (QED) is 0.683. The van der Waals surface area contributed by atoms with Gasteiger partial charge in [0.1, 0.15) is 0 Å². The molecule has 0 atom stereocenters. The van der Waals surface area contributed by atoms with Crippen molar-refractivity contribution in [3.8, 4) is 0 Å². The normalized spacial score (nSPS) is 12.5. The first-order valence-corrected chi connectivity index (χ1v) is 10.5. The molecular formula is C21H28N2O4S. The molecule has 0 radical (unpaired) electrons. The largest absolute Gasteiger partial charge is 0.395 e. The maximum Gasteiger partial charge on any atom is 0.261 e. The molecule has 2 rings (SSSR count). The Morgan fingerprint density at radius 1 is 0.964 bits per heavy atom. The van der Waals surface area contributed by atoms with E-state index in [-0.39, 0.29) is 22.8 Å². The minimum atomic E-state index is -3.76. The van der Waals surface area contributed by atoms with Crippen LogP contribution < -0.4 is 10.0 Å². The fourth-order valence-electron chi connectivity index (χ4n) is 2.38. The highest BCUT2D eigenvalue weighted by Crippen LogP contribution is 2.25. The van der Waals surface area contributed by atoms with E-state index in [1.807, 2.05) is 12.1 Å². The van der Waals surface area contributed by atoms with Gasteiger partial charge >= 0.3 is 0 Å². The maximum absolute atomic E-state index is 12.7. The molecule has 2 aromatic carbocycles. The fourth-order valence-corrected chi connectivity index (χ4v) is 3.43. The number of nitrogens with one attached hydrogen (secondary N) is 2. The first kappa shape index (κ1) is 21.9. The number of benzene rings is 2. The molecule has 0 unspecified atom stereocenters. The number of sulfonamides is 1. The SMILES string of the molecule is CC(C)(CO)C(=O)Nc1cccc(NS(=O)(=O)c2ccc(C(C)(C)C)cc2)c1. The van der Waals surface area contributed by atoms with Crippen LogP contribution in [0.2, 0.25) is 0 Å². The van der Waals surface area contributed by atoms with Crippen molar-refractivity contribution in [3.05, 3.63) is 54.1 Å². The van der Waals surface area contributed by atoms with Crippen LogP contribution in [0.1, 0.15) is 40.2 Å². The summed E-state index contributed by atoms with van der Waals surface area (Å²) in [6, 6.07) is 13.2. The molecule has 3 N–H and O–H groups in total. The lowest BCUT2D eigenvalue weighted by atomic mass is 9.87. The van der Waals surface area contributed by atoms with E-state index >= 15 is 0 Å². The van der Waals surface area contributed by atoms with E-state index in [4.69, 9.17) is 0 Å². The van der Waals surface area contributed by atoms with Crippen molar-refractivity contribution in [2.45, 2.75) is 44.9 Å². The van der Waals surface area contributed by atoms with Crippen LogP contribution in [0.4, 0.5) is 11.4 Å². The van der Waals surface area contributed by atoms with Gasteiger partial charge in [0.25, 0.3) is 10.0 Å². The molecule has 0 bridgehead atoms. The average molecular weight is 405 g/mol. The Balaban J connectivity index is 2.20. The van der Waals surface area contributed by atoms with Crippen LogP contribution in [0.3, 0.4) is 0 Å². The van der Waals surface area contributed by atoms with E-state index in [9.17, 15) is 18.3 Å². The van der Waals surface area contributed by atoms with Gasteiger partial charge in [-0.3, -0.25) is 9.52 Å². The van der Waals surface area contributed by atoms with Gasteiger partial charge in [0.2, 0.25) is 5.91 Å². The minimum absolute atomic E-state index is 0.0649. The van der Waals surface area contributed by atoms with Crippen LogP contribution in [0.5, 0.6) is 0 Å². The summed E-state index contributed by atoms with van der Waals surface area (Å²) in [6.45, 7) is 9.13. The number of carbonyl (C=O) groups excluding carboxylic acids is 1. The van der Waals surface area contributed by atoms with E-state index in [0.717, 1.165) is 5.56 Å². The first-order valence-electron chi connectivity index (χ1n) is 9.01. The van der Waals surface area contributed by atoms with Crippen LogP contribution in [0.25, 0.3) is 0 Å². The summed E-state index contributed by atoms with van der Waals surface area (Å²) >= 11 is 0. The van der Waals surface area contributed by atoms with Gasteiger partial charge in [-0.05, 0) is 55.2 Å². The second-order valence-electron chi connectivity index (χ2n) is 8.46. The number of hydrogen-bond acceptors (Lipinski definition) is 4. The van der Waals surface area contributed by atoms with Crippen LogP contribution in [-0.4, -0.2) is 26.0 Å². The predicted molar refractivity (Wildman–Crippen MR) is 112 cm³/mol. The summed E-state index contributed by atoms with van der Waals surface area (Å²) < 4.78 is 27.9. The molecule has 6 nitrogen and oxygen atoms in total. The van der Waals surface area contributed by atoms with Gasteiger partial charge in [0.15, 0.2) is 0 Å². The smallest absolute Gasteiger partial charge is 0.261 e.